The Morgan fingerprint density at radius 3 is 2.52 bits per heavy atom. The van der Waals surface area contributed by atoms with Gasteiger partial charge in [-0.15, -0.1) is 11.3 Å². The lowest BCUT2D eigenvalue weighted by atomic mass is 10.2. The minimum absolute atomic E-state index is 0.290. The largest absolute Gasteiger partial charge is 0.497 e. The van der Waals surface area contributed by atoms with Crippen molar-refractivity contribution in [3.05, 3.63) is 40.5 Å². The number of benzene rings is 1. The van der Waals surface area contributed by atoms with Crippen LogP contribution in [0.2, 0.25) is 0 Å². The Morgan fingerprint density at radius 1 is 1.22 bits per heavy atom. The number of aryl methyl sites for hydroxylation is 2. The third-order valence-electron chi connectivity index (χ3n) is 3.45. The molecule has 0 atom stereocenters. The van der Waals surface area contributed by atoms with Gasteiger partial charge in [-0.2, -0.15) is 0 Å². The first-order valence-electron chi connectivity index (χ1n) is 6.91. The van der Waals surface area contributed by atoms with Crippen molar-refractivity contribution in [3.63, 3.8) is 0 Å². The number of rotatable bonds is 4. The van der Waals surface area contributed by atoms with Crippen molar-refractivity contribution in [1.82, 2.24) is 9.97 Å². The van der Waals surface area contributed by atoms with E-state index in [1.54, 1.807) is 21.0 Å². The summed E-state index contributed by atoms with van der Waals surface area (Å²) in [5.74, 6) is 1.02. The summed E-state index contributed by atoms with van der Waals surface area (Å²) in [7, 11) is 1.61. The summed E-state index contributed by atoms with van der Waals surface area (Å²) >= 11 is 1.17. The molecule has 0 fully saturated rings. The van der Waals surface area contributed by atoms with E-state index in [9.17, 15) is 9.90 Å². The lowest BCUT2D eigenvalue weighted by Crippen LogP contribution is -1.99. The highest BCUT2D eigenvalue weighted by molar-refractivity contribution is 7.20. The molecule has 3 rings (SSSR count). The van der Waals surface area contributed by atoms with Crippen LogP contribution < -0.4 is 10.1 Å². The molecule has 0 spiro atoms. The van der Waals surface area contributed by atoms with E-state index in [1.807, 2.05) is 24.3 Å². The Hall–Kier alpha value is -2.67. The maximum absolute atomic E-state index is 11.3. The molecule has 0 saturated heterocycles. The van der Waals surface area contributed by atoms with Crippen LogP contribution in [0.4, 0.5) is 11.5 Å². The fraction of sp³-hybridized carbons (Fsp3) is 0.188. The Kier molecular flexibility index (Phi) is 3.87. The molecule has 0 bridgehead atoms. The minimum Gasteiger partial charge on any atom is -0.497 e. The van der Waals surface area contributed by atoms with Gasteiger partial charge in [-0.25, -0.2) is 14.8 Å². The van der Waals surface area contributed by atoms with Crippen molar-refractivity contribution in [1.29, 1.82) is 0 Å². The van der Waals surface area contributed by atoms with Crippen LogP contribution in [-0.4, -0.2) is 28.2 Å². The molecule has 0 saturated carbocycles. The monoisotopic (exact) mass is 329 g/mol. The van der Waals surface area contributed by atoms with E-state index in [0.29, 0.717) is 22.0 Å². The second-order valence-corrected chi connectivity index (χ2v) is 6.01. The molecule has 0 amide bonds. The second kappa shape index (κ2) is 5.85. The fourth-order valence-corrected chi connectivity index (χ4v) is 3.42. The second-order valence-electron chi connectivity index (χ2n) is 5.01. The highest BCUT2D eigenvalue weighted by Gasteiger charge is 2.19. The van der Waals surface area contributed by atoms with Gasteiger partial charge in [-0.1, -0.05) is 0 Å². The van der Waals surface area contributed by atoms with Crippen molar-refractivity contribution in [3.8, 4) is 5.75 Å². The van der Waals surface area contributed by atoms with Gasteiger partial charge in [0.2, 0.25) is 0 Å². The van der Waals surface area contributed by atoms with E-state index in [1.165, 1.54) is 11.3 Å². The maximum Gasteiger partial charge on any atom is 0.346 e. The summed E-state index contributed by atoms with van der Waals surface area (Å²) in [5.41, 5.74) is 1.51. The van der Waals surface area contributed by atoms with Gasteiger partial charge in [0.25, 0.3) is 0 Å². The van der Waals surface area contributed by atoms with Gasteiger partial charge in [0, 0.05) is 5.69 Å². The number of hydrogen-bond donors (Lipinski definition) is 2. The summed E-state index contributed by atoms with van der Waals surface area (Å²) in [5, 5.41) is 13.3. The third kappa shape index (κ3) is 2.83. The van der Waals surface area contributed by atoms with Gasteiger partial charge in [0.05, 0.1) is 12.5 Å². The standard InChI is InChI=1S/C16H15N3O3S/c1-8-12-14(19-10-4-6-11(22-3)7-5-10)17-9(2)18-15(12)23-13(8)16(20)21/h4-7H,1-3H3,(H,20,21)(H,17,18,19). The van der Waals surface area contributed by atoms with Gasteiger partial charge >= 0.3 is 5.97 Å². The van der Waals surface area contributed by atoms with E-state index < -0.39 is 5.97 Å². The molecular formula is C16H15N3O3S. The van der Waals surface area contributed by atoms with Crippen molar-refractivity contribution in [2.75, 3.05) is 12.4 Å². The first-order chi connectivity index (χ1) is 11.0. The minimum atomic E-state index is -0.946. The first kappa shape index (κ1) is 15.2. The van der Waals surface area contributed by atoms with E-state index >= 15 is 0 Å². The zero-order valence-corrected chi connectivity index (χ0v) is 13.7. The van der Waals surface area contributed by atoms with Crippen molar-refractivity contribution < 1.29 is 14.6 Å². The average molecular weight is 329 g/mol. The highest BCUT2D eigenvalue weighted by atomic mass is 32.1. The number of aromatic carboxylic acids is 1. The van der Waals surface area contributed by atoms with E-state index in [0.717, 1.165) is 16.8 Å². The van der Waals surface area contributed by atoms with Crippen molar-refractivity contribution >= 4 is 39.0 Å². The first-order valence-corrected chi connectivity index (χ1v) is 7.73. The molecule has 118 valence electrons. The summed E-state index contributed by atoms with van der Waals surface area (Å²) in [4.78, 5) is 21.1. The highest BCUT2D eigenvalue weighted by Crippen LogP contribution is 2.35. The fourth-order valence-electron chi connectivity index (χ4n) is 2.35. The van der Waals surface area contributed by atoms with Crippen LogP contribution in [0.1, 0.15) is 21.1 Å². The number of thiophene rings is 1. The lowest BCUT2D eigenvalue weighted by Gasteiger charge is -2.09. The van der Waals surface area contributed by atoms with Crippen LogP contribution in [0, 0.1) is 13.8 Å². The molecule has 0 radical (unpaired) electrons. The Balaban J connectivity index is 2.10. The molecular weight excluding hydrogens is 314 g/mol. The number of anilines is 2. The number of ether oxygens (including phenoxy) is 1. The normalized spacial score (nSPS) is 10.7. The molecule has 0 aliphatic carbocycles. The molecule has 2 heterocycles. The molecule has 0 aliphatic rings. The third-order valence-corrected chi connectivity index (χ3v) is 4.62. The number of methoxy groups -OCH3 is 1. The van der Waals surface area contributed by atoms with Crippen LogP contribution in [0.5, 0.6) is 5.75 Å². The van der Waals surface area contributed by atoms with Crippen molar-refractivity contribution in [2.45, 2.75) is 13.8 Å². The van der Waals surface area contributed by atoms with Crippen LogP contribution in [0.25, 0.3) is 10.2 Å². The number of nitrogens with one attached hydrogen (secondary N) is 1. The van der Waals surface area contributed by atoms with Gasteiger partial charge in [-0.3, -0.25) is 0 Å². The molecule has 2 aromatic heterocycles. The molecule has 7 heteroatoms. The molecule has 1 aromatic carbocycles. The lowest BCUT2D eigenvalue weighted by molar-refractivity contribution is 0.0701. The molecule has 6 nitrogen and oxygen atoms in total. The summed E-state index contributed by atoms with van der Waals surface area (Å²) in [6.45, 7) is 3.56. The van der Waals surface area contributed by atoms with Gasteiger partial charge in [0.15, 0.2) is 0 Å². The summed E-state index contributed by atoms with van der Waals surface area (Å²) in [6, 6.07) is 7.44. The molecule has 2 N–H and O–H groups in total. The van der Waals surface area contributed by atoms with E-state index in [2.05, 4.69) is 15.3 Å². The summed E-state index contributed by atoms with van der Waals surface area (Å²) in [6.07, 6.45) is 0. The number of carbonyl (C=O) groups is 1. The zero-order chi connectivity index (χ0) is 16.6. The quantitative estimate of drug-likeness (QED) is 0.758. The molecule has 0 unspecified atom stereocenters. The molecule has 23 heavy (non-hydrogen) atoms. The zero-order valence-electron chi connectivity index (χ0n) is 12.9. The number of nitrogens with zero attached hydrogens (tertiary/aromatic N) is 2. The number of carboxylic acid groups (broad SMARTS) is 1. The maximum atomic E-state index is 11.3. The summed E-state index contributed by atoms with van der Waals surface area (Å²) < 4.78 is 5.14. The molecule has 0 aliphatic heterocycles. The predicted molar refractivity (Wildman–Crippen MR) is 90.1 cm³/mol. The van der Waals surface area contributed by atoms with E-state index in [4.69, 9.17) is 4.74 Å². The topological polar surface area (TPSA) is 84.3 Å². The molecule has 3 aromatic rings. The number of carboxylic acids is 1. The SMILES string of the molecule is COc1ccc(Nc2nc(C)nc3sc(C(=O)O)c(C)c23)cc1. The number of hydrogen-bond acceptors (Lipinski definition) is 6. The van der Waals surface area contributed by atoms with Crippen molar-refractivity contribution in [2.24, 2.45) is 0 Å². The van der Waals surface area contributed by atoms with Gasteiger partial charge < -0.3 is 15.2 Å². The Labute approximate surface area is 136 Å². The Morgan fingerprint density at radius 2 is 1.91 bits per heavy atom. The smallest absolute Gasteiger partial charge is 0.346 e. The Bertz CT molecular complexity index is 888. The van der Waals surface area contributed by atoms with Crippen LogP contribution in [-0.2, 0) is 0 Å². The van der Waals surface area contributed by atoms with Crippen LogP contribution >= 0.6 is 11.3 Å². The predicted octanol–water partition coefficient (Wildman–Crippen LogP) is 3.76. The van der Waals surface area contributed by atoms with Gasteiger partial charge in [0.1, 0.15) is 27.1 Å². The van der Waals surface area contributed by atoms with Crippen LogP contribution in [0.15, 0.2) is 24.3 Å². The number of aromatic nitrogens is 2. The van der Waals surface area contributed by atoms with E-state index in [-0.39, 0.29) is 4.88 Å². The average Bonchev–Trinajstić information content (AvgIpc) is 2.85. The van der Waals surface area contributed by atoms with Crippen LogP contribution in [0.3, 0.4) is 0 Å². The number of fused-ring (bicyclic) bond motifs is 1. The van der Waals surface area contributed by atoms with Gasteiger partial charge in [-0.05, 0) is 43.7 Å².